The summed E-state index contributed by atoms with van der Waals surface area (Å²) in [6.07, 6.45) is 1.71. The molecule has 0 aliphatic carbocycles. The van der Waals surface area contributed by atoms with Gasteiger partial charge in [-0.1, -0.05) is 29.8 Å². The number of fused-ring (bicyclic) bond motifs is 1. The van der Waals surface area contributed by atoms with Crippen LogP contribution in [0.2, 0.25) is 5.02 Å². The monoisotopic (exact) mass is 409 g/mol. The first-order chi connectivity index (χ1) is 11.1. The van der Waals surface area contributed by atoms with Gasteiger partial charge in [0.25, 0.3) is 0 Å². The molecule has 128 valence electrons. The van der Waals surface area contributed by atoms with Gasteiger partial charge in [0.2, 0.25) is 0 Å². The molecule has 0 spiro atoms. The highest BCUT2D eigenvalue weighted by Gasteiger charge is 2.22. The molecule has 0 radical (unpaired) electrons. The van der Waals surface area contributed by atoms with Crippen LogP contribution in [0.25, 0.3) is 0 Å². The van der Waals surface area contributed by atoms with E-state index >= 15 is 0 Å². The van der Waals surface area contributed by atoms with Gasteiger partial charge in [0.1, 0.15) is 0 Å². The molecular weight excluding hydrogens is 390 g/mol. The van der Waals surface area contributed by atoms with Crippen molar-refractivity contribution >= 4 is 34.3 Å². The van der Waals surface area contributed by atoms with Gasteiger partial charge in [-0.15, -0.1) is 17.0 Å². The van der Waals surface area contributed by atoms with Crippen molar-refractivity contribution in [3.05, 3.63) is 58.1 Å². The maximum absolute atomic E-state index is 6.28. The van der Waals surface area contributed by atoms with E-state index in [0.29, 0.717) is 0 Å². The van der Waals surface area contributed by atoms with Gasteiger partial charge >= 0.3 is 0 Å². The summed E-state index contributed by atoms with van der Waals surface area (Å²) in [4.78, 5) is 4.85. The highest BCUT2D eigenvalue weighted by molar-refractivity contribution is 8.93. The SMILES string of the molecule is Br.COc1cc2c(cc1OC)C(C)=NC(Cc1ccccc1Cl)C2. The number of rotatable bonds is 4. The Labute approximate surface area is 158 Å². The maximum Gasteiger partial charge on any atom is 0.161 e. The average Bonchev–Trinajstić information content (AvgIpc) is 2.56. The third-order valence-electron chi connectivity index (χ3n) is 4.24. The number of halogens is 2. The van der Waals surface area contributed by atoms with Crippen LogP contribution in [0.3, 0.4) is 0 Å². The molecule has 0 aromatic heterocycles. The van der Waals surface area contributed by atoms with E-state index in [1.165, 1.54) is 5.56 Å². The number of methoxy groups -OCH3 is 2. The van der Waals surface area contributed by atoms with Gasteiger partial charge < -0.3 is 9.47 Å². The Morgan fingerprint density at radius 2 is 1.79 bits per heavy atom. The van der Waals surface area contributed by atoms with Crippen LogP contribution in [0.5, 0.6) is 11.5 Å². The summed E-state index contributed by atoms with van der Waals surface area (Å²) < 4.78 is 10.8. The first kappa shape index (κ1) is 18.8. The summed E-state index contributed by atoms with van der Waals surface area (Å²) >= 11 is 6.28. The summed E-state index contributed by atoms with van der Waals surface area (Å²) in [6, 6.07) is 12.2. The number of hydrogen-bond acceptors (Lipinski definition) is 3. The molecule has 1 atom stereocenters. The molecule has 0 saturated carbocycles. The lowest BCUT2D eigenvalue weighted by Gasteiger charge is -2.24. The molecule has 1 unspecified atom stereocenters. The Morgan fingerprint density at radius 1 is 1.12 bits per heavy atom. The van der Waals surface area contributed by atoms with E-state index in [0.717, 1.165) is 46.2 Å². The first-order valence-electron chi connectivity index (χ1n) is 7.65. The van der Waals surface area contributed by atoms with Gasteiger partial charge in [-0.3, -0.25) is 4.99 Å². The summed E-state index contributed by atoms with van der Waals surface area (Å²) in [5.74, 6) is 1.50. The number of benzene rings is 2. The average molecular weight is 411 g/mol. The molecule has 0 saturated heterocycles. The van der Waals surface area contributed by atoms with Crippen molar-refractivity contribution in [3.63, 3.8) is 0 Å². The second-order valence-corrected chi connectivity index (χ2v) is 6.14. The Hall–Kier alpha value is -1.52. The van der Waals surface area contributed by atoms with Crippen molar-refractivity contribution in [3.8, 4) is 11.5 Å². The summed E-state index contributed by atoms with van der Waals surface area (Å²) in [5.41, 5.74) is 4.55. The number of nitrogens with zero attached hydrogens (tertiary/aromatic N) is 1. The quantitative estimate of drug-likeness (QED) is 0.717. The van der Waals surface area contributed by atoms with E-state index < -0.39 is 0 Å². The van der Waals surface area contributed by atoms with E-state index in [1.54, 1.807) is 14.2 Å². The second-order valence-electron chi connectivity index (χ2n) is 5.73. The third-order valence-corrected chi connectivity index (χ3v) is 4.61. The third kappa shape index (κ3) is 3.76. The lowest BCUT2D eigenvalue weighted by atomic mass is 9.90. The van der Waals surface area contributed by atoms with Crippen LogP contribution in [-0.4, -0.2) is 26.0 Å². The molecule has 1 heterocycles. The van der Waals surface area contributed by atoms with Crippen LogP contribution in [0.15, 0.2) is 41.4 Å². The van der Waals surface area contributed by atoms with Crippen LogP contribution in [0.4, 0.5) is 0 Å². The molecule has 5 heteroatoms. The standard InChI is InChI=1S/C19H20ClNO2.BrH/c1-12-16-11-19(23-3)18(22-2)10-14(16)9-15(21-12)8-13-6-4-5-7-17(13)20;/h4-7,10-11,15H,8-9H2,1-3H3;1H. The molecule has 0 N–H and O–H groups in total. The van der Waals surface area contributed by atoms with Gasteiger partial charge in [-0.2, -0.15) is 0 Å². The number of hydrogen-bond donors (Lipinski definition) is 0. The van der Waals surface area contributed by atoms with Crippen LogP contribution in [0, 0.1) is 0 Å². The topological polar surface area (TPSA) is 30.8 Å². The second kappa shape index (κ2) is 8.04. The van der Waals surface area contributed by atoms with Gasteiger partial charge in [0.05, 0.1) is 20.3 Å². The van der Waals surface area contributed by atoms with E-state index in [-0.39, 0.29) is 23.0 Å². The van der Waals surface area contributed by atoms with Crippen LogP contribution in [0.1, 0.15) is 23.6 Å². The summed E-state index contributed by atoms with van der Waals surface area (Å²) in [6.45, 7) is 2.05. The molecule has 24 heavy (non-hydrogen) atoms. The largest absolute Gasteiger partial charge is 0.493 e. The van der Waals surface area contributed by atoms with Gasteiger partial charge in [-0.05, 0) is 49.1 Å². The van der Waals surface area contributed by atoms with Crippen molar-refractivity contribution in [2.75, 3.05) is 14.2 Å². The van der Waals surface area contributed by atoms with Crippen LogP contribution >= 0.6 is 28.6 Å². The zero-order valence-electron chi connectivity index (χ0n) is 14.0. The number of ether oxygens (including phenoxy) is 2. The van der Waals surface area contributed by atoms with Gasteiger partial charge in [0, 0.05) is 16.3 Å². The molecule has 1 aliphatic heterocycles. The van der Waals surface area contributed by atoms with Gasteiger partial charge in [-0.25, -0.2) is 0 Å². The van der Waals surface area contributed by atoms with Crippen LogP contribution in [-0.2, 0) is 12.8 Å². The molecule has 3 rings (SSSR count). The van der Waals surface area contributed by atoms with E-state index in [4.69, 9.17) is 26.1 Å². The molecule has 0 amide bonds. The highest BCUT2D eigenvalue weighted by atomic mass is 79.9. The van der Waals surface area contributed by atoms with Crippen molar-refractivity contribution in [2.24, 2.45) is 4.99 Å². The lowest BCUT2D eigenvalue weighted by molar-refractivity contribution is 0.354. The fraction of sp³-hybridized carbons (Fsp3) is 0.316. The zero-order chi connectivity index (χ0) is 16.4. The Bertz CT molecular complexity index is 761. The Balaban J connectivity index is 0.00000208. The van der Waals surface area contributed by atoms with Crippen molar-refractivity contribution in [1.29, 1.82) is 0 Å². The Morgan fingerprint density at radius 3 is 2.46 bits per heavy atom. The predicted molar refractivity (Wildman–Crippen MR) is 105 cm³/mol. The molecule has 3 nitrogen and oxygen atoms in total. The molecule has 2 aromatic carbocycles. The number of aliphatic imine (C=N–C) groups is 1. The zero-order valence-corrected chi connectivity index (χ0v) is 16.5. The summed E-state index contributed by atoms with van der Waals surface area (Å²) in [7, 11) is 3.31. The van der Waals surface area contributed by atoms with E-state index in [1.807, 2.05) is 31.2 Å². The fourth-order valence-electron chi connectivity index (χ4n) is 3.11. The van der Waals surface area contributed by atoms with Crippen molar-refractivity contribution in [2.45, 2.75) is 25.8 Å². The molecule has 0 bridgehead atoms. The molecule has 1 aliphatic rings. The minimum absolute atomic E-state index is 0. The van der Waals surface area contributed by atoms with Crippen LogP contribution < -0.4 is 9.47 Å². The molecular formula is C19H21BrClNO2. The smallest absolute Gasteiger partial charge is 0.161 e. The Kier molecular flexibility index (Phi) is 6.30. The van der Waals surface area contributed by atoms with E-state index in [9.17, 15) is 0 Å². The minimum atomic E-state index is 0. The van der Waals surface area contributed by atoms with Crippen molar-refractivity contribution in [1.82, 2.24) is 0 Å². The summed E-state index contributed by atoms with van der Waals surface area (Å²) in [5, 5.41) is 0.804. The highest BCUT2D eigenvalue weighted by Crippen LogP contribution is 2.34. The molecule has 0 fully saturated rings. The first-order valence-corrected chi connectivity index (χ1v) is 8.03. The normalized spacial score (nSPS) is 15.8. The maximum atomic E-state index is 6.28. The van der Waals surface area contributed by atoms with E-state index in [2.05, 4.69) is 12.1 Å². The van der Waals surface area contributed by atoms with Gasteiger partial charge in [0.15, 0.2) is 11.5 Å². The lowest BCUT2D eigenvalue weighted by Crippen LogP contribution is -2.22. The minimum Gasteiger partial charge on any atom is -0.493 e. The predicted octanol–water partition coefficient (Wildman–Crippen LogP) is 4.91. The van der Waals surface area contributed by atoms with Crippen molar-refractivity contribution < 1.29 is 9.47 Å². The fourth-order valence-corrected chi connectivity index (χ4v) is 3.32. The molecule has 2 aromatic rings.